The van der Waals surface area contributed by atoms with Gasteiger partial charge in [0.05, 0.1) is 23.7 Å². The van der Waals surface area contributed by atoms with Gasteiger partial charge in [0.1, 0.15) is 12.3 Å². The second-order valence-corrected chi connectivity index (χ2v) is 10.2. The zero-order chi connectivity index (χ0) is 24.9. The first-order chi connectivity index (χ1) is 16.1. The number of rotatable bonds is 9. The molecule has 0 aromatic heterocycles. The monoisotopic (exact) mass is 480 g/mol. The SMILES string of the molecule is CCc1ccc(C(C)NC(=O)CN(c2cc(C)ccc2OC)S(=O)(=O)c2ccc(C)cc2)cc1. The van der Waals surface area contributed by atoms with E-state index in [2.05, 4.69) is 12.2 Å². The number of nitrogens with one attached hydrogen (secondary N) is 1. The lowest BCUT2D eigenvalue weighted by Gasteiger charge is -2.27. The summed E-state index contributed by atoms with van der Waals surface area (Å²) in [5, 5.41) is 2.93. The second kappa shape index (κ2) is 10.7. The fraction of sp³-hybridized carbons (Fsp3) is 0.296. The summed E-state index contributed by atoms with van der Waals surface area (Å²) in [4.78, 5) is 13.2. The van der Waals surface area contributed by atoms with Crippen LogP contribution in [-0.4, -0.2) is 28.0 Å². The van der Waals surface area contributed by atoms with Crippen molar-refractivity contribution in [3.63, 3.8) is 0 Å². The third-order valence-corrected chi connectivity index (χ3v) is 7.54. The molecular weight excluding hydrogens is 448 g/mol. The van der Waals surface area contributed by atoms with Crippen molar-refractivity contribution in [2.45, 2.75) is 45.1 Å². The molecule has 0 heterocycles. The summed E-state index contributed by atoms with van der Waals surface area (Å²) in [6.07, 6.45) is 0.936. The number of ether oxygens (including phenoxy) is 1. The van der Waals surface area contributed by atoms with E-state index in [0.717, 1.165) is 27.4 Å². The van der Waals surface area contributed by atoms with Crippen LogP contribution in [-0.2, 0) is 21.2 Å². The Kier molecular flexibility index (Phi) is 7.99. The van der Waals surface area contributed by atoms with Crippen molar-refractivity contribution >= 4 is 21.6 Å². The number of sulfonamides is 1. The lowest BCUT2D eigenvalue weighted by molar-refractivity contribution is -0.120. The van der Waals surface area contributed by atoms with Crippen LogP contribution < -0.4 is 14.4 Å². The number of carbonyl (C=O) groups is 1. The number of hydrogen-bond acceptors (Lipinski definition) is 4. The van der Waals surface area contributed by atoms with E-state index in [4.69, 9.17) is 4.74 Å². The third-order valence-electron chi connectivity index (χ3n) is 5.76. The lowest BCUT2D eigenvalue weighted by Crippen LogP contribution is -2.41. The fourth-order valence-electron chi connectivity index (χ4n) is 3.67. The van der Waals surface area contributed by atoms with Crippen LogP contribution in [0.5, 0.6) is 5.75 Å². The highest BCUT2D eigenvalue weighted by atomic mass is 32.2. The van der Waals surface area contributed by atoms with Crippen molar-refractivity contribution in [1.29, 1.82) is 0 Å². The minimum absolute atomic E-state index is 0.109. The molecule has 0 saturated heterocycles. The molecule has 34 heavy (non-hydrogen) atoms. The first kappa shape index (κ1) is 25.3. The second-order valence-electron chi connectivity index (χ2n) is 8.38. The van der Waals surface area contributed by atoms with Gasteiger partial charge in [-0.2, -0.15) is 0 Å². The van der Waals surface area contributed by atoms with E-state index < -0.39 is 15.9 Å². The Bertz CT molecular complexity index is 1240. The van der Waals surface area contributed by atoms with Gasteiger partial charge in [0.2, 0.25) is 5.91 Å². The number of anilines is 1. The summed E-state index contributed by atoms with van der Waals surface area (Å²) in [5.74, 6) is -0.0383. The summed E-state index contributed by atoms with van der Waals surface area (Å²) < 4.78 is 33.9. The fourth-order valence-corrected chi connectivity index (χ4v) is 5.10. The van der Waals surface area contributed by atoms with Gasteiger partial charge in [-0.05, 0) is 68.1 Å². The van der Waals surface area contributed by atoms with Gasteiger partial charge in [-0.25, -0.2) is 8.42 Å². The largest absolute Gasteiger partial charge is 0.495 e. The molecule has 0 radical (unpaired) electrons. The van der Waals surface area contributed by atoms with Crippen LogP contribution >= 0.6 is 0 Å². The van der Waals surface area contributed by atoms with Crippen molar-refractivity contribution in [2.24, 2.45) is 0 Å². The van der Waals surface area contributed by atoms with Gasteiger partial charge in [0, 0.05) is 0 Å². The average Bonchev–Trinajstić information content (AvgIpc) is 2.82. The molecule has 3 aromatic carbocycles. The van der Waals surface area contributed by atoms with E-state index in [1.54, 1.807) is 36.4 Å². The predicted octanol–water partition coefficient (Wildman–Crippen LogP) is 4.95. The first-order valence-electron chi connectivity index (χ1n) is 11.3. The average molecular weight is 481 g/mol. The van der Waals surface area contributed by atoms with Gasteiger partial charge in [0.25, 0.3) is 10.0 Å². The molecular formula is C27H32N2O4S. The predicted molar refractivity (Wildman–Crippen MR) is 136 cm³/mol. The van der Waals surface area contributed by atoms with Crippen molar-refractivity contribution in [3.05, 3.63) is 89.0 Å². The number of amides is 1. The first-order valence-corrected chi connectivity index (χ1v) is 12.7. The molecule has 0 aliphatic carbocycles. The number of nitrogens with zero attached hydrogens (tertiary/aromatic N) is 1. The molecule has 7 heteroatoms. The molecule has 1 atom stereocenters. The minimum Gasteiger partial charge on any atom is -0.495 e. The summed E-state index contributed by atoms with van der Waals surface area (Å²) >= 11 is 0. The highest BCUT2D eigenvalue weighted by molar-refractivity contribution is 7.92. The van der Waals surface area contributed by atoms with Gasteiger partial charge >= 0.3 is 0 Å². The van der Waals surface area contributed by atoms with Crippen LogP contribution in [0, 0.1) is 13.8 Å². The van der Waals surface area contributed by atoms with Crippen LogP contribution in [0.2, 0.25) is 0 Å². The molecule has 1 amide bonds. The zero-order valence-corrected chi connectivity index (χ0v) is 21.1. The Morgan fingerprint density at radius 1 is 0.971 bits per heavy atom. The zero-order valence-electron chi connectivity index (χ0n) is 20.3. The van der Waals surface area contributed by atoms with Crippen molar-refractivity contribution < 1.29 is 17.9 Å². The Morgan fingerprint density at radius 3 is 2.18 bits per heavy atom. The molecule has 3 aromatic rings. The Balaban J connectivity index is 1.94. The van der Waals surface area contributed by atoms with E-state index in [9.17, 15) is 13.2 Å². The topological polar surface area (TPSA) is 75.7 Å². The smallest absolute Gasteiger partial charge is 0.264 e. The van der Waals surface area contributed by atoms with Crippen LogP contribution in [0.4, 0.5) is 5.69 Å². The van der Waals surface area contributed by atoms with E-state index in [-0.39, 0.29) is 17.5 Å². The third kappa shape index (κ3) is 5.78. The summed E-state index contributed by atoms with van der Waals surface area (Å²) in [7, 11) is -2.55. The molecule has 1 N–H and O–H groups in total. The van der Waals surface area contributed by atoms with E-state index in [0.29, 0.717) is 11.4 Å². The normalized spacial score (nSPS) is 12.1. The molecule has 1 unspecified atom stereocenters. The molecule has 3 rings (SSSR count). The number of benzene rings is 3. The lowest BCUT2D eigenvalue weighted by atomic mass is 10.1. The van der Waals surface area contributed by atoms with Gasteiger partial charge in [0.15, 0.2) is 0 Å². The highest BCUT2D eigenvalue weighted by Crippen LogP contribution is 2.33. The van der Waals surface area contributed by atoms with Gasteiger partial charge in [-0.15, -0.1) is 0 Å². The molecule has 6 nitrogen and oxygen atoms in total. The van der Waals surface area contributed by atoms with Crippen LogP contribution in [0.3, 0.4) is 0 Å². The van der Waals surface area contributed by atoms with Crippen LogP contribution in [0.1, 0.15) is 42.1 Å². The van der Waals surface area contributed by atoms with E-state index >= 15 is 0 Å². The molecule has 180 valence electrons. The number of hydrogen-bond donors (Lipinski definition) is 1. The molecule has 0 aliphatic heterocycles. The standard InChI is InChI=1S/C27H32N2O4S/c1-6-22-10-12-23(13-11-22)21(4)28-27(30)18-29(25-17-20(3)9-16-26(25)33-5)34(31,32)24-14-7-19(2)8-15-24/h7-17,21H,6,18H2,1-5H3,(H,28,30). The molecule has 0 fully saturated rings. The van der Waals surface area contributed by atoms with Crippen LogP contribution in [0.15, 0.2) is 71.6 Å². The molecule has 0 aliphatic rings. The van der Waals surface area contributed by atoms with Gasteiger partial charge in [-0.1, -0.05) is 55.0 Å². The maximum absolute atomic E-state index is 13.7. The Hall–Kier alpha value is -3.32. The molecule has 0 saturated carbocycles. The van der Waals surface area contributed by atoms with Gasteiger partial charge in [-0.3, -0.25) is 9.10 Å². The maximum Gasteiger partial charge on any atom is 0.264 e. The molecule has 0 bridgehead atoms. The highest BCUT2D eigenvalue weighted by Gasteiger charge is 2.30. The summed E-state index contributed by atoms with van der Waals surface area (Å²) in [6, 6.07) is 19.6. The van der Waals surface area contributed by atoms with Crippen molar-refractivity contribution in [1.82, 2.24) is 5.32 Å². The van der Waals surface area contributed by atoms with Gasteiger partial charge < -0.3 is 10.1 Å². The van der Waals surface area contributed by atoms with E-state index in [1.165, 1.54) is 12.7 Å². The number of carbonyl (C=O) groups excluding carboxylic acids is 1. The van der Waals surface area contributed by atoms with Crippen molar-refractivity contribution in [2.75, 3.05) is 18.0 Å². The number of methoxy groups -OCH3 is 1. The Morgan fingerprint density at radius 2 is 1.59 bits per heavy atom. The van der Waals surface area contributed by atoms with Crippen LogP contribution in [0.25, 0.3) is 0 Å². The maximum atomic E-state index is 13.7. The summed E-state index contributed by atoms with van der Waals surface area (Å²) in [5.41, 5.74) is 4.28. The van der Waals surface area contributed by atoms with E-state index in [1.807, 2.05) is 51.1 Å². The summed E-state index contributed by atoms with van der Waals surface area (Å²) in [6.45, 7) is 7.34. The molecule has 0 spiro atoms. The number of aryl methyl sites for hydroxylation is 3. The Labute approximate surface area is 202 Å². The minimum atomic E-state index is -4.03. The van der Waals surface area contributed by atoms with Crippen molar-refractivity contribution in [3.8, 4) is 5.75 Å². The quantitative estimate of drug-likeness (QED) is 0.470.